The zero-order chi connectivity index (χ0) is 8.81. The van der Waals surface area contributed by atoms with E-state index < -0.39 is 0 Å². The summed E-state index contributed by atoms with van der Waals surface area (Å²) >= 11 is 0. The lowest BCUT2D eigenvalue weighted by Crippen LogP contribution is -2.29. The molecule has 0 bridgehead atoms. The van der Waals surface area contributed by atoms with Crippen molar-refractivity contribution in [1.82, 2.24) is 5.06 Å². The summed E-state index contributed by atoms with van der Waals surface area (Å²) in [4.78, 5) is 5.33. The fourth-order valence-electron chi connectivity index (χ4n) is 1.26. The highest BCUT2D eigenvalue weighted by molar-refractivity contribution is 4.92. The summed E-state index contributed by atoms with van der Waals surface area (Å²) in [5.74, 6) is 0. The average Bonchev–Trinajstić information content (AvgIpc) is 2.52. The van der Waals surface area contributed by atoms with Crippen LogP contribution >= 0.6 is 0 Å². The van der Waals surface area contributed by atoms with Gasteiger partial charge in [0.2, 0.25) is 0 Å². The highest BCUT2D eigenvalue weighted by Gasteiger charge is 2.24. The highest BCUT2D eigenvalue weighted by atomic mass is 16.7. The SMILES string of the molecule is COCCON1CCC[C@H]1C#N. The summed E-state index contributed by atoms with van der Waals surface area (Å²) in [6, 6.07) is 2.15. The fourth-order valence-corrected chi connectivity index (χ4v) is 1.26. The van der Waals surface area contributed by atoms with Crippen LogP contribution in [0.4, 0.5) is 0 Å². The van der Waals surface area contributed by atoms with Gasteiger partial charge in [-0.25, -0.2) is 0 Å². The van der Waals surface area contributed by atoms with Crippen LogP contribution in [0.15, 0.2) is 0 Å². The van der Waals surface area contributed by atoms with Gasteiger partial charge in [0, 0.05) is 13.7 Å². The first-order valence-corrected chi connectivity index (χ1v) is 4.16. The molecule has 1 atom stereocenters. The monoisotopic (exact) mass is 170 g/mol. The Kier molecular flexibility index (Phi) is 4.01. The van der Waals surface area contributed by atoms with Crippen molar-refractivity contribution in [2.45, 2.75) is 18.9 Å². The van der Waals surface area contributed by atoms with Crippen LogP contribution in [0.1, 0.15) is 12.8 Å². The van der Waals surface area contributed by atoms with Gasteiger partial charge in [-0.15, -0.1) is 0 Å². The van der Waals surface area contributed by atoms with Crippen molar-refractivity contribution in [1.29, 1.82) is 5.26 Å². The Bertz CT molecular complexity index is 167. The lowest BCUT2D eigenvalue weighted by atomic mass is 10.2. The van der Waals surface area contributed by atoms with Crippen LogP contribution in [0, 0.1) is 11.3 Å². The number of hydroxylamine groups is 2. The van der Waals surface area contributed by atoms with E-state index in [4.69, 9.17) is 14.8 Å². The molecule has 0 aliphatic carbocycles. The first-order valence-electron chi connectivity index (χ1n) is 4.16. The Hall–Kier alpha value is -0.630. The third-order valence-corrected chi connectivity index (χ3v) is 1.90. The van der Waals surface area contributed by atoms with Gasteiger partial charge in [0.1, 0.15) is 6.04 Å². The normalized spacial score (nSPS) is 24.2. The van der Waals surface area contributed by atoms with Crippen LogP contribution in [-0.4, -0.2) is 38.0 Å². The molecule has 4 heteroatoms. The molecule has 0 N–H and O–H groups in total. The lowest BCUT2D eigenvalue weighted by Gasteiger charge is -2.17. The summed E-state index contributed by atoms with van der Waals surface area (Å²) in [6.07, 6.45) is 1.97. The standard InChI is InChI=1S/C8H14N2O2/c1-11-5-6-12-10-4-2-3-8(10)7-9/h8H,2-6H2,1H3/t8-/m0/s1. The summed E-state index contributed by atoms with van der Waals surface area (Å²) in [7, 11) is 1.63. The molecule has 1 heterocycles. The molecule has 0 unspecified atom stereocenters. The minimum Gasteiger partial charge on any atom is -0.382 e. The van der Waals surface area contributed by atoms with E-state index in [2.05, 4.69) is 6.07 Å². The molecule has 1 saturated heterocycles. The van der Waals surface area contributed by atoms with Crippen molar-refractivity contribution in [2.75, 3.05) is 26.9 Å². The minimum absolute atomic E-state index is 0.0538. The van der Waals surface area contributed by atoms with Crippen LogP contribution in [0.3, 0.4) is 0 Å². The van der Waals surface area contributed by atoms with E-state index in [-0.39, 0.29) is 6.04 Å². The van der Waals surface area contributed by atoms with Crippen molar-refractivity contribution in [3.8, 4) is 6.07 Å². The molecule has 0 aromatic heterocycles. The van der Waals surface area contributed by atoms with Gasteiger partial charge in [0.25, 0.3) is 0 Å². The van der Waals surface area contributed by atoms with Gasteiger partial charge in [0.05, 0.1) is 19.3 Å². The second kappa shape index (κ2) is 5.09. The molecule has 0 aromatic carbocycles. The lowest BCUT2D eigenvalue weighted by molar-refractivity contribution is -0.166. The Morgan fingerprint density at radius 3 is 3.08 bits per heavy atom. The third-order valence-electron chi connectivity index (χ3n) is 1.90. The molecule has 1 fully saturated rings. The van der Waals surface area contributed by atoms with Gasteiger partial charge >= 0.3 is 0 Å². The molecule has 0 amide bonds. The zero-order valence-electron chi connectivity index (χ0n) is 7.32. The molecule has 68 valence electrons. The second-order valence-electron chi connectivity index (χ2n) is 2.75. The van der Waals surface area contributed by atoms with Gasteiger partial charge < -0.3 is 4.74 Å². The fraction of sp³-hybridized carbons (Fsp3) is 0.875. The van der Waals surface area contributed by atoms with Gasteiger partial charge in [-0.3, -0.25) is 4.84 Å². The second-order valence-corrected chi connectivity index (χ2v) is 2.75. The van der Waals surface area contributed by atoms with Gasteiger partial charge in [-0.1, -0.05) is 0 Å². The van der Waals surface area contributed by atoms with E-state index >= 15 is 0 Å². The van der Waals surface area contributed by atoms with Crippen LogP contribution in [0.25, 0.3) is 0 Å². The number of nitrogens with zero attached hydrogens (tertiary/aromatic N) is 2. The average molecular weight is 170 g/mol. The number of rotatable bonds is 4. The largest absolute Gasteiger partial charge is 0.382 e. The summed E-state index contributed by atoms with van der Waals surface area (Å²) in [5.41, 5.74) is 0. The zero-order valence-corrected chi connectivity index (χ0v) is 7.32. The first kappa shape index (κ1) is 9.46. The smallest absolute Gasteiger partial charge is 0.122 e. The van der Waals surface area contributed by atoms with E-state index in [0.717, 1.165) is 19.4 Å². The first-order chi connectivity index (χ1) is 5.88. The van der Waals surface area contributed by atoms with E-state index in [1.165, 1.54) is 0 Å². The molecule has 0 saturated carbocycles. The summed E-state index contributed by atoms with van der Waals surface area (Å²) < 4.78 is 4.84. The molecule has 1 aliphatic heterocycles. The third kappa shape index (κ3) is 2.45. The molecule has 1 aliphatic rings. The van der Waals surface area contributed by atoms with Crippen LogP contribution in [0.5, 0.6) is 0 Å². The molecule has 1 rings (SSSR count). The molecule has 0 aromatic rings. The van der Waals surface area contributed by atoms with Crippen molar-refractivity contribution in [2.24, 2.45) is 0 Å². The van der Waals surface area contributed by atoms with Gasteiger partial charge in [0.15, 0.2) is 0 Å². The van der Waals surface area contributed by atoms with E-state index in [1.54, 1.807) is 12.2 Å². The topological polar surface area (TPSA) is 45.5 Å². The van der Waals surface area contributed by atoms with E-state index in [1.807, 2.05) is 0 Å². The van der Waals surface area contributed by atoms with Gasteiger partial charge in [-0.05, 0) is 12.8 Å². The number of methoxy groups -OCH3 is 1. The predicted octanol–water partition coefficient (Wildman–Crippen LogP) is 0.552. The summed E-state index contributed by atoms with van der Waals surface area (Å²) in [5, 5.41) is 10.4. The molecule has 0 spiro atoms. The molecule has 12 heavy (non-hydrogen) atoms. The molecular formula is C8H14N2O2. The number of hydrogen-bond acceptors (Lipinski definition) is 4. The highest BCUT2D eigenvalue weighted by Crippen LogP contribution is 2.15. The van der Waals surface area contributed by atoms with Crippen molar-refractivity contribution < 1.29 is 9.57 Å². The van der Waals surface area contributed by atoms with Crippen molar-refractivity contribution >= 4 is 0 Å². The molecule has 4 nitrogen and oxygen atoms in total. The quantitative estimate of drug-likeness (QED) is 0.578. The minimum atomic E-state index is -0.0538. The van der Waals surface area contributed by atoms with Crippen molar-refractivity contribution in [3.05, 3.63) is 0 Å². The molecular weight excluding hydrogens is 156 g/mol. The predicted molar refractivity (Wildman–Crippen MR) is 43.2 cm³/mol. The maximum Gasteiger partial charge on any atom is 0.122 e. The van der Waals surface area contributed by atoms with Crippen LogP contribution < -0.4 is 0 Å². The van der Waals surface area contributed by atoms with Crippen LogP contribution in [-0.2, 0) is 9.57 Å². The van der Waals surface area contributed by atoms with Crippen LogP contribution in [0.2, 0.25) is 0 Å². The van der Waals surface area contributed by atoms with Crippen molar-refractivity contribution in [3.63, 3.8) is 0 Å². The number of hydrogen-bond donors (Lipinski definition) is 0. The Labute approximate surface area is 72.6 Å². The summed E-state index contributed by atoms with van der Waals surface area (Å²) in [6.45, 7) is 1.98. The maximum absolute atomic E-state index is 8.69. The Morgan fingerprint density at radius 1 is 1.58 bits per heavy atom. The number of ether oxygens (including phenoxy) is 1. The number of nitriles is 1. The van der Waals surface area contributed by atoms with E-state index in [9.17, 15) is 0 Å². The Morgan fingerprint density at radius 2 is 2.42 bits per heavy atom. The maximum atomic E-state index is 8.69. The van der Waals surface area contributed by atoms with E-state index in [0.29, 0.717) is 13.2 Å². The Balaban J connectivity index is 2.18. The molecule has 0 radical (unpaired) electrons. The van der Waals surface area contributed by atoms with Gasteiger partial charge in [-0.2, -0.15) is 10.3 Å².